The molecule has 13 nitrogen and oxygen atoms in total. The number of allylic oxidation sites excluding steroid dienone is 3. The zero-order valence-electron chi connectivity index (χ0n) is 63.5. The molecule has 592 valence electrons. The van der Waals surface area contributed by atoms with Gasteiger partial charge in [-0.1, -0.05) is 134 Å². The van der Waals surface area contributed by atoms with E-state index in [4.69, 9.17) is 5.11 Å². The minimum absolute atomic E-state index is 0. The molecule has 0 saturated heterocycles. The van der Waals surface area contributed by atoms with E-state index in [0.29, 0.717) is 12.3 Å². The average Bonchev–Trinajstić information content (AvgIpc) is 1.08. The Labute approximate surface area is 723 Å². The molecule has 8 aromatic carbocycles. The summed E-state index contributed by atoms with van der Waals surface area (Å²) >= 11 is 0. The van der Waals surface area contributed by atoms with Crippen molar-refractivity contribution in [1.29, 1.82) is 0 Å². The molecule has 0 aliphatic carbocycles. The second kappa shape index (κ2) is 57.2. The van der Waals surface area contributed by atoms with E-state index in [-0.39, 0.29) is 78.4 Å². The van der Waals surface area contributed by atoms with Crippen molar-refractivity contribution in [3.8, 4) is 73.3 Å². The van der Waals surface area contributed by atoms with Crippen LogP contribution in [-0.2, 0) is 66.7 Å². The molecule has 14 aromatic rings. The first-order valence-electron chi connectivity index (χ1n) is 36.5. The summed E-state index contributed by atoms with van der Waals surface area (Å²) in [5.41, 5.74) is 15.3. The first kappa shape index (κ1) is 92.0. The van der Waals surface area contributed by atoms with Crippen LogP contribution in [0.4, 0.5) is 5.69 Å². The van der Waals surface area contributed by atoms with Crippen molar-refractivity contribution in [3.05, 3.63) is 444 Å². The molecule has 116 heavy (non-hydrogen) atoms. The van der Waals surface area contributed by atoms with Gasteiger partial charge >= 0.3 is 0 Å². The second-order valence-electron chi connectivity index (χ2n) is 23.8. The van der Waals surface area contributed by atoms with Crippen molar-refractivity contribution < 1.29 is 65.4 Å². The van der Waals surface area contributed by atoms with Crippen molar-refractivity contribution >= 4 is 49.1 Å². The van der Waals surface area contributed by atoms with Crippen LogP contribution in [0.1, 0.15) is 11.1 Å². The van der Waals surface area contributed by atoms with Crippen LogP contribution in [0.25, 0.3) is 73.6 Å². The Kier molecular flexibility index (Phi) is 45.4. The zero-order chi connectivity index (χ0) is 78.3. The van der Waals surface area contributed by atoms with Gasteiger partial charge in [0, 0.05) is 81.0 Å². The number of phenolic OH excluding ortho intramolecular Hbond substituents is 1. The van der Waals surface area contributed by atoms with Crippen LogP contribution in [0.3, 0.4) is 0 Å². The molecule has 0 amide bonds. The zero-order valence-corrected chi connectivity index (χ0v) is 70.7. The van der Waals surface area contributed by atoms with Gasteiger partial charge in [-0.3, -0.25) is 30.0 Å². The molecule has 1 N–H and O–H groups in total. The molecule has 0 bridgehead atoms. The van der Waals surface area contributed by atoms with Crippen LogP contribution in [-0.4, -0.2) is 104 Å². The van der Waals surface area contributed by atoms with Crippen molar-refractivity contribution in [2.75, 3.05) is 13.1 Å². The molecule has 0 saturated carbocycles. The van der Waals surface area contributed by atoms with Crippen LogP contribution >= 0.6 is 0 Å². The van der Waals surface area contributed by atoms with Crippen molar-refractivity contribution in [3.63, 3.8) is 0 Å². The largest absolute Gasteiger partial charge is 3.00 e. The minimum Gasteiger partial charge on any atom is -3.00 e. The van der Waals surface area contributed by atoms with Crippen LogP contribution in [0, 0.1) is 36.4 Å². The first-order chi connectivity index (χ1) is 56.0. The van der Waals surface area contributed by atoms with Gasteiger partial charge in [0.15, 0.2) is 0 Å². The van der Waals surface area contributed by atoms with Gasteiger partial charge in [-0.15, -0.1) is 222 Å². The molecule has 3 aliphatic heterocycles. The number of hydrogen-bond donors (Lipinski definition) is 1. The van der Waals surface area contributed by atoms with Gasteiger partial charge in [0.2, 0.25) is 0 Å². The third kappa shape index (κ3) is 36.3. The summed E-state index contributed by atoms with van der Waals surface area (Å²) in [5.74, 6) is 0.303. The molecule has 0 spiro atoms. The molecular weight excluding hydrogens is 1960 g/mol. The Hall–Kier alpha value is -12.9. The molecule has 9 heterocycles. The number of aliphatic imine (C=N–C) groups is 6. The number of pyridine rings is 6. The van der Waals surface area contributed by atoms with E-state index in [1.54, 1.807) is 74.0 Å². The normalized spacial score (nSPS) is 12.9. The maximum Gasteiger partial charge on any atom is 0.115 e. The average molecular weight is 2050 g/mol. The first-order valence-corrected chi connectivity index (χ1v) is 36.5. The van der Waals surface area contributed by atoms with E-state index >= 15 is 0 Å². The van der Waals surface area contributed by atoms with E-state index in [2.05, 4.69) is 109 Å². The number of benzene rings is 8. The van der Waals surface area contributed by atoms with Gasteiger partial charge in [-0.2, -0.15) is 0 Å². The van der Waals surface area contributed by atoms with Gasteiger partial charge in [-0.25, -0.2) is 0 Å². The Morgan fingerprint density at radius 1 is 0.328 bits per heavy atom. The quantitative estimate of drug-likeness (QED) is 0.0570. The fourth-order valence-electron chi connectivity index (χ4n) is 9.94. The molecule has 0 radical (unpaired) electrons. The van der Waals surface area contributed by atoms with Crippen LogP contribution in [0.2, 0.25) is 0 Å². The van der Waals surface area contributed by atoms with Crippen LogP contribution < -0.4 is 0 Å². The summed E-state index contributed by atoms with van der Waals surface area (Å²) in [6.45, 7) is 8.69. The van der Waals surface area contributed by atoms with Gasteiger partial charge in [0.25, 0.3) is 0 Å². The molecular formula is C100H84Ir3N12O-15. The summed E-state index contributed by atoms with van der Waals surface area (Å²) in [7, 11) is 0. The van der Waals surface area contributed by atoms with Crippen molar-refractivity contribution in [2.24, 2.45) is 30.0 Å². The third-order valence-electron chi connectivity index (χ3n) is 15.6. The predicted octanol–water partition coefficient (Wildman–Crippen LogP) is 21.6. The van der Waals surface area contributed by atoms with Crippen LogP contribution in [0.5, 0.6) is 5.75 Å². The van der Waals surface area contributed by atoms with Gasteiger partial charge in [0.1, 0.15) is 23.9 Å². The predicted molar refractivity (Wildman–Crippen MR) is 469 cm³/mol. The Bertz CT molecular complexity index is 4340. The summed E-state index contributed by atoms with van der Waals surface area (Å²) in [5, 5.41) is 9.12. The maximum absolute atomic E-state index is 9.12. The fraction of sp³-hybridized carbons (Fsp3) is 0.0600. The number of phenols is 1. The number of aromatic hydroxyl groups is 1. The monoisotopic (exact) mass is 2050 g/mol. The summed E-state index contributed by atoms with van der Waals surface area (Å²) in [6.07, 6.45) is 37.8. The van der Waals surface area contributed by atoms with E-state index < -0.39 is 0 Å². The van der Waals surface area contributed by atoms with E-state index in [1.165, 1.54) is 5.56 Å². The standard InChI is InChI=1S/C13H14N2O.C13H12N2.6C11H8N.C8H10N2.3Ir/c16-13-5-3-11(4-6-13)7-9-14-10-12-2-1-8-15-12;1-2-11-5-7-12(8-6-11)15-10-13-4-3-9-14-13;6*1-2-6-10(7-3-1)11-8-4-5-9-12-11;1-2-5-9-7-8-4-3-6-10-8;;;/h1-6,8,10,12,16H,7,9H2;2-10,13H,1H2;6*1-6,8-9H;2-4,6-8H,1,5H2;;;/q;;6*-1;;3*-3. The smallest absolute Gasteiger partial charge is 0.115 e. The Morgan fingerprint density at radius 2 is 0.621 bits per heavy atom. The van der Waals surface area contributed by atoms with Crippen molar-refractivity contribution in [2.45, 2.75) is 24.5 Å². The van der Waals surface area contributed by atoms with Gasteiger partial charge in [0.05, 0.1) is 12.2 Å². The molecule has 3 unspecified atom stereocenters. The summed E-state index contributed by atoms with van der Waals surface area (Å²) < 4.78 is 0. The topological polar surface area (TPSA) is 172 Å². The third-order valence-corrected chi connectivity index (χ3v) is 15.6. The minimum atomic E-state index is 0. The van der Waals surface area contributed by atoms with E-state index in [9.17, 15) is 0 Å². The van der Waals surface area contributed by atoms with Gasteiger partial charge < -0.3 is 95.3 Å². The van der Waals surface area contributed by atoms with E-state index in [1.807, 2.05) is 352 Å². The molecule has 3 aliphatic rings. The molecule has 3 atom stereocenters. The number of hydrogen-bond acceptors (Lipinski definition) is 13. The SMILES string of the molecule is C=CCN=CC1C=CC=N1.C=Cc1ccc(N=CC2C=CC=N2)cc1.Oc1ccc(CCN=CC2C=CC=N2)cc1.[Ir-3].[Ir-3].[Ir-3].[c-]1ccccc1-c1ccccn1.[c-]1ccccc1-c1ccccn1.[c-]1ccccc1-c1ccccn1.[c-]1ccccc1-c1ccccn1.[c-]1ccccc1-c1ccccn1.[c-]1ccccc1-c1ccccn1. The molecule has 16 heteroatoms. The van der Waals surface area contributed by atoms with Crippen LogP contribution in [0.15, 0.2) is 426 Å². The maximum atomic E-state index is 9.12. The number of nitrogens with zero attached hydrogens (tertiary/aromatic N) is 12. The summed E-state index contributed by atoms with van der Waals surface area (Å²) in [6, 6.07) is 116. The second-order valence-corrected chi connectivity index (χ2v) is 23.8. The molecule has 6 aromatic heterocycles. The molecule has 0 fully saturated rings. The number of rotatable bonds is 16. The Morgan fingerprint density at radius 3 is 0.871 bits per heavy atom. The van der Waals surface area contributed by atoms with Crippen molar-refractivity contribution in [1.82, 2.24) is 29.9 Å². The number of aromatic nitrogens is 6. The summed E-state index contributed by atoms with van der Waals surface area (Å²) in [4.78, 5) is 50.5. The molecule has 17 rings (SSSR count). The van der Waals surface area contributed by atoms with E-state index in [0.717, 1.165) is 91.8 Å². The fourth-order valence-corrected chi connectivity index (χ4v) is 9.94. The Balaban J connectivity index is 0.000000203. The van der Waals surface area contributed by atoms with Gasteiger partial charge in [-0.05, 0) is 131 Å².